The molecule has 2 aliphatic rings. The number of fused-ring (bicyclic) bond motifs is 2. The van der Waals surface area contributed by atoms with E-state index in [0.717, 1.165) is 17.9 Å². The predicted molar refractivity (Wildman–Crippen MR) is 81.1 cm³/mol. The highest BCUT2D eigenvalue weighted by atomic mass is 19.2. The fourth-order valence-electron chi connectivity index (χ4n) is 4.21. The van der Waals surface area contributed by atoms with E-state index in [-0.39, 0.29) is 11.9 Å². The van der Waals surface area contributed by atoms with E-state index in [1.165, 1.54) is 31.7 Å². The van der Waals surface area contributed by atoms with E-state index < -0.39 is 11.6 Å². The normalized spacial score (nSPS) is 27.9. The van der Waals surface area contributed by atoms with Crippen molar-refractivity contribution >= 4 is 5.91 Å². The van der Waals surface area contributed by atoms with Gasteiger partial charge in [0.1, 0.15) is 0 Å². The van der Waals surface area contributed by atoms with Crippen LogP contribution < -0.4 is 0 Å². The molecule has 4 atom stereocenters. The second-order valence-corrected chi connectivity index (χ2v) is 6.99. The maximum Gasteiger partial charge on any atom is 0.223 e. The van der Waals surface area contributed by atoms with Crippen LogP contribution in [0.4, 0.5) is 8.78 Å². The van der Waals surface area contributed by atoms with Gasteiger partial charge in [-0.1, -0.05) is 12.5 Å². The molecule has 0 N–H and O–H groups in total. The van der Waals surface area contributed by atoms with Gasteiger partial charge >= 0.3 is 0 Å². The summed E-state index contributed by atoms with van der Waals surface area (Å²) >= 11 is 0. The SMILES string of the molecule is CC(c1ccc(F)c(F)c1)N(C)C(=O)CC1CC2CCC1C2. The van der Waals surface area contributed by atoms with Crippen molar-refractivity contribution in [2.45, 2.75) is 45.1 Å². The minimum Gasteiger partial charge on any atom is -0.339 e. The van der Waals surface area contributed by atoms with E-state index in [4.69, 9.17) is 0 Å². The highest BCUT2D eigenvalue weighted by molar-refractivity contribution is 5.76. The zero-order chi connectivity index (χ0) is 15.9. The van der Waals surface area contributed by atoms with E-state index in [2.05, 4.69) is 0 Å². The first-order chi connectivity index (χ1) is 10.5. The standard InChI is InChI=1S/C18H23F2NO/c1-11(13-5-6-16(19)17(20)9-13)21(2)18(22)10-15-8-12-3-4-14(15)7-12/h5-6,9,11-12,14-15H,3-4,7-8,10H2,1-2H3. The van der Waals surface area contributed by atoms with Crippen LogP contribution in [-0.4, -0.2) is 17.9 Å². The Bertz CT molecular complexity index is 574. The number of rotatable bonds is 4. The number of carbonyl (C=O) groups is 1. The molecule has 0 aliphatic heterocycles. The summed E-state index contributed by atoms with van der Waals surface area (Å²) in [5.74, 6) is 0.462. The smallest absolute Gasteiger partial charge is 0.223 e. The quantitative estimate of drug-likeness (QED) is 0.811. The van der Waals surface area contributed by atoms with Crippen LogP contribution in [-0.2, 0) is 4.79 Å². The number of carbonyl (C=O) groups excluding carboxylic acids is 1. The molecule has 22 heavy (non-hydrogen) atoms. The Morgan fingerprint density at radius 3 is 2.64 bits per heavy atom. The Morgan fingerprint density at radius 1 is 1.27 bits per heavy atom. The van der Waals surface area contributed by atoms with Crippen LogP contribution in [0.3, 0.4) is 0 Å². The molecule has 2 nitrogen and oxygen atoms in total. The Morgan fingerprint density at radius 2 is 2.05 bits per heavy atom. The van der Waals surface area contributed by atoms with Gasteiger partial charge in [0, 0.05) is 13.5 Å². The molecule has 0 heterocycles. The molecule has 2 fully saturated rings. The molecule has 1 aromatic rings. The van der Waals surface area contributed by atoms with Crippen molar-refractivity contribution in [3.8, 4) is 0 Å². The molecule has 3 rings (SSSR count). The first kappa shape index (κ1) is 15.4. The van der Waals surface area contributed by atoms with Gasteiger partial charge in [-0.2, -0.15) is 0 Å². The Hall–Kier alpha value is -1.45. The van der Waals surface area contributed by atoms with Gasteiger partial charge in [0.25, 0.3) is 0 Å². The van der Waals surface area contributed by atoms with E-state index in [1.54, 1.807) is 18.0 Å². The fraction of sp³-hybridized carbons (Fsp3) is 0.611. The third-order valence-corrected chi connectivity index (χ3v) is 5.72. The van der Waals surface area contributed by atoms with Crippen molar-refractivity contribution in [2.75, 3.05) is 7.05 Å². The van der Waals surface area contributed by atoms with Gasteiger partial charge in [0.15, 0.2) is 11.6 Å². The fourth-order valence-corrected chi connectivity index (χ4v) is 4.21. The van der Waals surface area contributed by atoms with Crippen LogP contribution in [0.25, 0.3) is 0 Å². The molecule has 0 aromatic heterocycles. The minimum atomic E-state index is -0.863. The molecule has 2 bridgehead atoms. The van der Waals surface area contributed by atoms with Crippen LogP contribution in [0, 0.1) is 29.4 Å². The van der Waals surface area contributed by atoms with Crippen molar-refractivity contribution in [2.24, 2.45) is 17.8 Å². The molecule has 4 unspecified atom stereocenters. The number of halogens is 2. The van der Waals surface area contributed by atoms with Crippen LogP contribution >= 0.6 is 0 Å². The summed E-state index contributed by atoms with van der Waals surface area (Å²) in [5, 5.41) is 0. The molecule has 4 heteroatoms. The molecule has 0 spiro atoms. The summed E-state index contributed by atoms with van der Waals surface area (Å²) in [7, 11) is 1.75. The average molecular weight is 307 g/mol. The summed E-state index contributed by atoms with van der Waals surface area (Å²) in [6, 6.07) is 3.60. The van der Waals surface area contributed by atoms with Gasteiger partial charge < -0.3 is 4.90 Å². The third kappa shape index (κ3) is 2.88. The highest BCUT2D eigenvalue weighted by Gasteiger charge is 2.40. The first-order valence-corrected chi connectivity index (χ1v) is 8.16. The van der Waals surface area contributed by atoms with Crippen molar-refractivity contribution in [1.82, 2.24) is 4.90 Å². The molecule has 1 amide bonds. The zero-order valence-corrected chi connectivity index (χ0v) is 13.2. The molecule has 120 valence electrons. The van der Waals surface area contributed by atoms with Gasteiger partial charge in [-0.15, -0.1) is 0 Å². The molecule has 0 radical (unpaired) electrons. The lowest BCUT2D eigenvalue weighted by molar-refractivity contribution is -0.133. The topological polar surface area (TPSA) is 20.3 Å². The number of hydrogen-bond donors (Lipinski definition) is 0. The maximum absolute atomic E-state index is 13.4. The lowest BCUT2D eigenvalue weighted by Crippen LogP contribution is -2.32. The van der Waals surface area contributed by atoms with Gasteiger partial charge in [-0.05, 0) is 61.6 Å². The second-order valence-electron chi connectivity index (χ2n) is 6.99. The number of nitrogens with zero attached hydrogens (tertiary/aromatic N) is 1. The molecular weight excluding hydrogens is 284 g/mol. The lowest BCUT2D eigenvalue weighted by atomic mass is 9.86. The average Bonchev–Trinajstić information content (AvgIpc) is 3.11. The second kappa shape index (κ2) is 5.98. The first-order valence-electron chi connectivity index (χ1n) is 8.16. The Labute approximate surface area is 130 Å². The summed E-state index contributed by atoms with van der Waals surface area (Å²) in [6.07, 6.45) is 5.66. The van der Waals surface area contributed by atoms with E-state index in [1.807, 2.05) is 6.92 Å². The molecule has 2 aliphatic carbocycles. The molecule has 0 saturated heterocycles. The van der Waals surface area contributed by atoms with E-state index >= 15 is 0 Å². The third-order valence-electron chi connectivity index (χ3n) is 5.72. The van der Waals surface area contributed by atoms with Crippen molar-refractivity contribution in [3.05, 3.63) is 35.4 Å². The van der Waals surface area contributed by atoms with Crippen molar-refractivity contribution in [1.29, 1.82) is 0 Å². The van der Waals surface area contributed by atoms with Crippen LogP contribution in [0.15, 0.2) is 18.2 Å². The minimum absolute atomic E-state index is 0.106. The molecule has 1 aromatic carbocycles. The summed E-state index contributed by atoms with van der Waals surface area (Å²) in [5.41, 5.74) is 0.627. The van der Waals surface area contributed by atoms with E-state index in [9.17, 15) is 13.6 Å². The van der Waals surface area contributed by atoms with Gasteiger partial charge in [-0.3, -0.25) is 4.79 Å². The van der Waals surface area contributed by atoms with Crippen molar-refractivity contribution in [3.63, 3.8) is 0 Å². The number of benzene rings is 1. The van der Waals surface area contributed by atoms with Crippen molar-refractivity contribution < 1.29 is 13.6 Å². The highest BCUT2D eigenvalue weighted by Crippen LogP contribution is 2.49. The zero-order valence-electron chi connectivity index (χ0n) is 13.2. The van der Waals surface area contributed by atoms with Gasteiger partial charge in [0.05, 0.1) is 6.04 Å². The van der Waals surface area contributed by atoms with Crippen LogP contribution in [0.5, 0.6) is 0 Å². The maximum atomic E-state index is 13.4. The van der Waals surface area contributed by atoms with Gasteiger partial charge in [0.2, 0.25) is 5.91 Å². The van der Waals surface area contributed by atoms with E-state index in [0.29, 0.717) is 17.9 Å². The predicted octanol–water partition coefficient (Wildman–Crippen LogP) is 4.31. The number of hydrogen-bond acceptors (Lipinski definition) is 1. The summed E-state index contributed by atoms with van der Waals surface area (Å²) < 4.78 is 26.4. The largest absolute Gasteiger partial charge is 0.339 e. The Kier molecular flexibility index (Phi) is 4.20. The molecule has 2 saturated carbocycles. The summed E-state index contributed by atoms with van der Waals surface area (Å²) in [6.45, 7) is 1.85. The Balaban J connectivity index is 1.63. The lowest BCUT2D eigenvalue weighted by Gasteiger charge is -2.28. The molecular formula is C18H23F2NO. The monoisotopic (exact) mass is 307 g/mol. The van der Waals surface area contributed by atoms with Gasteiger partial charge in [-0.25, -0.2) is 8.78 Å². The van der Waals surface area contributed by atoms with Crippen LogP contribution in [0.1, 0.15) is 50.6 Å². The van der Waals surface area contributed by atoms with Crippen LogP contribution in [0.2, 0.25) is 0 Å². The number of amides is 1. The summed E-state index contributed by atoms with van der Waals surface area (Å²) in [4.78, 5) is 14.2.